The van der Waals surface area contributed by atoms with Crippen LogP contribution in [0.1, 0.15) is 63.0 Å². The third-order valence-electron chi connectivity index (χ3n) is 4.24. The Morgan fingerprint density at radius 1 is 0.652 bits per heavy atom. The molecule has 0 saturated carbocycles. The topological polar surface area (TPSA) is 9.23 Å². The molecular weight excluding hydrogens is 280 g/mol. The normalized spacial score (nSPS) is 10.7. The predicted octanol–water partition coefficient (Wildman–Crippen LogP) is 6.56. The first kappa shape index (κ1) is 17.6. The second-order valence-corrected chi connectivity index (χ2v) is 6.29. The molecule has 0 aliphatic carbocycles. The van der Waals surface area contributed by atoms with Crippen molar-refractivity contribution in [3.05, 3.63) is 65.7 Å². The summed E-state index contributed by atoms with van der Waals surface area (Å²) >= 11 is 0. The van der Waals surface area contributed by atoms with Crippen LogP contribution in [0.2, 0.25) is 0 Å². The van der Waals surface area contributed by atoms with Gasteiger partial charge in [0, 0.05) is 0 Å². The van der Waals surface area contributed by atoms with Crippen molar-refractivity contribution < 1.29 is 4.74 Å². The largest absolute Gasteiger partial charge is 0.489 e. The maximum Gasteiger partial charge on any atom is 0.119 e. The monoisotopic (exact) mass is 310 g/mol. The zero-order valence-electron chi connectivity index (χ0n) is 14.5. The molecule has 0 bridgehead atoms. The van der Waals surface area contributed by atoms with Crippen LogP contribution in [0.25, 0.3) is 0 Å². The molecule has 0 aromatic heterocycles. The van der Waals surface area contributed by atoms with Gasteiger partial charge in [-0.25, -0.2) is 0 Å². The lowest BCUT2D eigenvalue weighted by atomic mass is 10.0. The first-order chi connectivity index (χ1) is 11.4. The minimum Gasteiger partial charge on any atom is -0.489 e. The molecule has 0 fully saturated rings. The molecule has 0 heterocycles. The summed E-state index contributed by atoms with van der Waals surface area (Å²) in [6.45, 7) is 2.91. The highest BCUT2D eigenvalue weighted by Gasteiger charge is 1.98. The van der Waals surface area contributed by atoms with Gasteiger partial charge in [0.15, 0.2) is 0 Å². The van der Waals surface area contributed by atoms with Crippen molar-refractivity contribution >= 4 is 0 Å². The van der Waals surface area contributed by atoms with Gasteiger partial charge in [-0.3, -0.25) is 0 Å². The number of rotatable bonds is 11. The van der Waals surface area contributed by atoms with Gasteiger partial charge in [-0.1, -0.05) is 87.9 Å². The highest BCUT2D eigenvalue weighted by Crippen LogP contribution is 2.16. The standard InChI is InChI=1S/C22H30O/c1-2-3-4-5-6-7-9-12-20-15-17-22(18-16-20)23-19-21-13-10-8-11-14-21/h8,10-11,13-18H,2-7,9,12,19H2,1H3. The average Bonchev–Trinajstić information content (AvgIpc) is 2.61. The van der Waals surface area contributed by atoms with E-state index in [-0.39, 0.29) is 0 Å². The lowest BCUT2D eigenvalue weighted by Gasteiger charge is -2.07. The van der Waals surface area contributed by atoms with Gasteiger partial charge in [0.25, 0.3) is 0 Å². The summed E-state index contributed by atoms with van der Waals surface area (Å²) < 4.78 is 5.83. The summed E-state index contributed by atoms with van der Waals surface area (Å²) in [5.74, 6) is 0.956. The fraction of sp³-hybridized carbons (Fsp3) is 0.455. The molecule has 0 atom stereocenters. The van der Waals surface area contributed by atoms with E-state index >= 15 is 0 Å². The van der Waals surface area contributed by atoms with Gasteiger partial charge in [0.05, 0.1) is 0 Å². The summed E-state index contributed by atoms with van der Waals surface area (Å²) in [6, 6.07) is 18.9. The van der Waals surface area contributed by atoms with Crippen molar-refractivity contribution in [2.45, 2.75) is 64.9 Å². The summed E-state index contributed by atoms with van der Waals surface area (Å²) in [5, 5.41) is 0. The van der Waals surface area contributed by atoms with Crippen LogP contribution in [-0.2, 0) is 13.0 Å². The molecule has 0 amide bonds. The summed E-state index contributed by atoms with van der Waals surface area (Å²) in [7, 11) is 0. The van der Waals surface area contributed by atoms with E-state index in [0.29, 0.717) is 6.61 Å². The number of unbranched alkanes of at least 4 members (excludes halogenated alkanes) is 6. The molecule has 124 valence electrons. The van der Waals surface area contributed by atoms with Crippen molar-refractivity contribution in [3.8, 4) is 5.75 Å². The molecule has 2 aromatic carbocycles. The minimum atomic E-state index is 0.637. The molecule has 0 N–H and O–H groups in total. The molecular formula is C22H30O. The Kier molecular flexibility index (Phi) is 8.32. The van der Waals surface area contributed by atoms with E-state index in [4.69, 9.17) is 4.74 Å². The van der Waals surface area contributed by atoms with Crippen LogP contribution in [0.15, 0.2) is 54.6 Å². The second-order valence-electron chi connectivity index (χ2n) is 6.29. The van der Waals surface area contributed by atoms with Crippen LogP contribution in [0, 0.1) is 0 Å². The van der Waals surface area contributed by atoms with Crippen LogP contribution >= 0.6 is 0 Å². The first-order valence-electron chi connectivity index (χ1n) is 9.14. The molecule has 0 aliphatic rings. The molecule has 0 saturated heterocycles. The third kappa shape index (κ3) is 7.36. The Hall–Kier alpha value is -1.76. The predicted molar refractivity (Wildman–Crippen MR) is 98.9 cm³/mol. The smallest absolute Gasteiger partial charge is 0.119 e. The Bertz CT molecular complexity index is 515. The number of hydrogen-bond donors (Lipinski definition) is 0. The molecule has 0 unspecified atom stereocenters. The molecule has 0 aliphatic heterocycles. The maximum atomic E-state index is 5.83. The van der Waals surface area contributed by atoms with Crippen molar-refractivity contribution in [1.82, 2.24) is 0 Å². The Balaban J connectivity index is 1.62. The lowest BCUT2D eigenvalue weighted by Crippen LogP contribution is -1.95. The highest BCUT2D eigenvalue weighted by atomic mass is 16.5. The number of benzene rings is 2. The SMILES string of the molecule is CCCCCCCCCc1ccc(OCc2ccccc2)cc1. The summed E-state index contributed by atoms with van der Waals surface area (Å²) in [4.78, 5) is 0. The van der Waals surface area contributed by atoms with Gasteiger partial charge >= 0.3 is 0 Å². The summed E-state index contributed by atoms with van der Waals surface area (Å²) in [5.41, 5.74) is 2.63. The zero-order chi connectivity index (χ0) is 16.2. The highest BCUT2D eigenvalue weighted by molar-refractivity contribution is 5.27. The molecule has 0 spiro atoms. The third-order valence-corrected chi connectivity index (χ3v) is 4.24. The van der Waals surface area contributed by atoms with E-state index in [1.165, 1.54) is 62.5 Å². The van der Waals surface area contributed by atoms with Gasteiger partial charge in [0.2, 0.25) is 0 Å². The Labute approximate surface area is 141 Å². The van der Waals surface area contributed by atoms with Crippen LogP contribution < -0.4 is 4.74 Å². The van der Waals surface area contributed by atoms with Crippen LogP contribution in [0.5, 0.6) is 5.75 Å². The van der Waals surface area contributed by atoms with E-state index < -0.39 is 0 Å². The average molecular weight is 310 g/mol. The molecule has 2 rings (SSSR count). The van der Waals surface area contributed by atoms with Crippen molar-refractivity contribution in [2.24, 2.45) is 0 Å². The lowest BCUT2D eigenvalue weighted by molar-refractivity contribution is 0.306. The van der Waals surface area contributed by atoms with Gasteiger partial charge in [0.1, 0.15) is 12.4 Å². The Morgan fingerprint density at radius 3 is 2.00 bits per heavy atom. The number of aryl methyl sites for hydroxylation is 1. The number of ether oxygens (including phenoxy) is 1. The van der Waals surface area contributed by atoms with Gasteiger partial charge in [-0.15, -0.1) is 0 Å². The minimum absolute atomic E-state index is 0.637. The summed E-state index contributed by atoms with van der Waals surface area (Å²) in [6.07, 6.45) is 10.8. The van der Waals surface area contributed by atoms with Crippen LogP contribution in [0.3, 0.4) is 0 Å². The zero-order valence-corrected chi connectivity index (χ0v) is 14.5. The molecule has 23 heavy (non-hydrogen) atoms. The molecule has 2 aromatic rings. The van der Waals surface area contributed by atoms with E-state index in [1.807, 2.05) is 18.2 Å². The first-order valence-corrected chi connectivity index (χ1v) is 9.14. The Morgan fingerprint density at radius 2 is 1.30 bits per heavy atom. The van der Waals surface area contributed by atoms with Gasteiger partial charge in [-0.2, -0.15) is 0 Å². The van der Waals surface area contributed by atoms with Crippen molar-refractivity contribution in [3.63, 3.8) is 0 Å². The van der Waals surface area contributed by atoms with Crippen molar-refractivity contribution in [1.29, 1.82) is 0 Å². The van der Waals surface area contributed by atoms with E-state index in [9.17, 15) is 0 Å². The maximum absolute atomic E-state index is 5.83. The fourth-order valence-electron chi connectivity index (χ4n) is 2.78. The van der Waals surface area contributed by atoms with Gasteiger partial charge < -0.3 is 4.74 Å². The van der Waals surface area contributed by atoms with Crippen molar-refractivity contribution in [2.75, 3.05) is 0 Å². The molecule has 1 heteroatoms. The van der Waals surface area contributed by atoms with E-state index in [1.54, 1.807) is 0 Å². The fourth-order valence-corrected chi connectivity index (χ4v) is 2.78. The van der Waals surface area contributed by atoms with Gasteiger partial charge in [-0.05, 0) is 36.1 Å². The van der Waals surface area contributed by atoms with Crippen LogP contribution in [0.4, 0.5) is 0 Å². The quantitative estimate of drug-likeness (QED) is 0.427. The molecule has 0 radical (unpaired) electrons. The number of hydrogen-bond acceptors (Lipinski definition) is 1. The molecule has 1 nitrogen and oxygen atoms in total. The van der Waals surface area contributed by atoms with E-state index in [0.717, 1.165) is 5.75 Å². The second kappa shape index (κ2) is 10.9. The van der Waals surface area contributed by atoms with E-state index in [2.05, 4.69) is 43.3 Å². The van der Waals surface area contributed by atoms with Crippen LogP contribution in [-0.4, -0.2) is 0 Å².